The number of amides is 1. The zero-order valence-electron chi connectivity index (χ0n) is 20.6. The van der Waals surface area contributed by atoms with Crippen LogP contribution in [0.5, 0.6) is 0 Å². The van der Waals surface area contributed by atoms with Crippen LogP contribution < -0.4 is 10.5 Å². The average Bonchev–Trinajstić information content (AvgIpc) is 3.13. The van der Waals surface area contributed by atoms with Crippen molar-refractivity contribution in [3.05, 3.63) is 67.8 Å². The van der Waals surface area contributed by atoms with Crippen molar-refractivity contribution in [3.63, 3.8) is 0 Å². The molecule has 2 saturated heterocycles. The number of piperidine rings is 1. The lowest BCUT2D eigenvalue weighted by Gasteiger charge is -2.35. The number of carbonyl (C=O) groups excluding carboxylic acids is 1. The average molecular weight is 507 g/mol. The Morgan fingerprint density at radius 2 is 2.00 bits per heavy atom. The summed E-state index contributed by atoms with van der Waals surface area (Å²) in [5.74, 6) is 1.14. The molecule has 3 heterocycles. The number of thioether (sulfide) groups is 1. The van der Waals surface area contributed by atoms with Gasteiger partial charge in [0.25, 0.3) is 11.5 Å². The van der Waals surface area contributed by atoms with E-state index in [2.05, 4.69) is 17.9 Å². The Kier molecular flexibility index (Phi) is 7.48. The fourth-order valence-corrected chi connectivity index (χ4v) is 6.39. The third-order valence-corrected chi connectivity index (χ3v) is 8.22. The topological polar surface area (TPSA) is 69.3 Å². The number of hydrogen-bond donors (Lipinski definition) is 0. The number of benzene rings is 1. The van der Waals surface area contributed by atoms with Crippen LogP contribution >= 0.6 is 24.0 Å². The molecule has 1 aromatic heterocycles. The summed E-state index contributed by atoms with van der Waals surface area (Å²) in [6, 6.07) is 11.7. The van der Waals surface area contributed by atoms with Crippen molar-refractivity contribution < 1.29 is 4.79 Å². The summed E-state index contributed by atoms with van der Waals surface area (Å²) in [6.45, 7) is 10.0. The third-order valence-electron chi connectivity index (χ3n) is 6.89. The van der Waals surface area contributed by atoms with Gasteiger partial charge in [0.05, 0.1) is 10.9 Å². The van der Waals surface area contributed by atoms with Gasteiger partial charge in [0, 0.05) is 25.2 Å². The van der Waals surface area contributed by atoms with E-state index >= 15 is 0 Å². The highest BCUT2D eigenvalue weighted by molar-refractivity contribution is 8.26. The molecule has 4 rings (SSSR count). The summed E-state index contributed by atoms with van der Waals surface area (Å²) in [4.78, 5) is 31.2. The predicted octanol–water partition coefficient (Wildman–Crippen LogP) is 5.25. The van der Waals surface area contributed by atoms with E-state index in [1.807, 2.05) is 50.3 Å². The molecule has 0 bridgehead atoms. The normalized spacial score (nSPS) is 20.4. The molecule has 6 nitrogen and oxygen atoms in total. The zero-order chi connectivity index (χ0) is 25.3. The number of anilines is 1. The minimum Gasteiger partial charge on any atom is -0.357 e. The minimum atomic E-state index is -0.275. The van der Waals surface area contributed by atoms with Gasteiger partial charge in [-0.3, -0.25) is 19.1 Å². The van der Waals surface area contributed by atoms with Crippen LogP contribution in [-0.2, 0) is 11.3 Å². The first-order valence-corrected chi connectivity index (χ1v) is 13.2. The van der Waals surface area contributed by atoms with Crippen LogP contribution in [0.1, 0.15) is 61.9 Å². The van der Waals surface area contributed by atoms with Crippen LogP contribution in [0.4, 0.5) is 5.82 Å². The Morgan fingerprint density at radius 3 is 2.63 bits per heavy atom. The number of hydrogen-bond acceptors (Lipinski definition) is 6. The summed E-state index contributed by atoms with van der Waals surface area (Å²) in [7, 11) is 0. The van der Waals surface area contributed by atoms with Gasteiger partial charge in [0.1, 0.15) is 21.8 Å². The van der Waals surface area contributed by atoms with Crippen molar-refractivity contribution in [2.24, 2.45) is 5.92 Å². The van der Waals surface area contributed by atoms with Crippen LogP contribution in [0.2, 0.25) is 0 Å². The van der Waals surface area contributed by atoms with Crippen LogP contribution in [0.25, 0.3) is 6.08 Å². The zero-order valence-corrected chi connectivity index (χ0v) is 22.2. The van der Waals surface area contributed by atoms with Crippen molar-refractivity contribution in [1.29, 1.82) is 5.26 Å². The molecular weight excluding hydrogens is 476 g/mol. The first-order valence-electron chi connectivity index (χ1n) is 12.0. The molecule has 35 heavy (non-hydrogen) atoms. The molecule has 2 aromatic rings. The Balaban J connectivity index is 1.84. The Morgan fingerprint density at radius 1 is 1.29 bits per heavy atom. The smallest absolute Gasteiger partial charge is 0.270 e. The van der Waals surface area contributed by atoms with E-state index in [0.29, 0.717) is 27.3 Å². The van der Waals surface area contributed by atoms with E-state index in [4.69, 9.17) is 12.2 Å². The minimum absolute atomic E-state index is 0.125. The fourth-order valence-electron chi connectivity index (χ4n) is 4.99. The van der Waals surface area contributed by atoms with E-state index in [-0.39, 0.29) is 23.1 Å². The number of nitrogens with zero attached hydrogens (tertiary/aromatic N) is 4. The molecule has 2 aliphatic heterocycles. The van der Waals surface area contributed by atoms with Crippen molar-refractivity contribution >= 4 is 46.1 Å². The van der Waals surface area contributed by atoms with E-state index in [9.17, 15) is 14.9 Å². The maximum absolute atomic E-state index is 13.6. The molecule has 2 aliphatic rings. The quantitative estimate of drug-likeness (QED) is 0.408. The molecule has 0 radical (unpaired) electrons. The second-order valence-electron chi connectivity index (χ2n) is 9.23. The number of nitriles is 1. The van der Waals surface area contributed by atoms with Gasteiger partial charge < -0.3 is 4.90 Å². The second-order valence-corrected chi connectivity index (χ2v) is 10.9. The predicted molar refractivity (Wildman–Crippen MR) is 146 cm³/mol. The van der Waals surface area contributed by atoms with Crippen molar-refractivity contribution in [2.45, 2.75) is 53.1 Å². The van der Waals surface area contributed by atoms with Gasteiger partial charge in [0.15, 0.2) is 0 Å². The van der Waals surface area contributed by atoms with Gasteiger partial charge in [-0.25, -0.2) is 0 Å². The Hall–Kier alpha value is -2.89. The molecule has 2 fully saturated rings. The lowest BCUT2D eigenvalue weighted by molar-refractivity contribution is -0.123. The van der Waals surface area contributed by atoms with E-state index in [1.165, 1.54) is 11.8 Å². The highest BCUT2D eigenvalue weighted by atomic mass is 32.2. The Labute approximate surface area is 216 Å². The summed E-state index contributed by atoms with van der Waals surface area (Å²) in [5.41, 5.74) is 2.22. The van der Waals surface area contributed by atoms with E-state index in [1.54, 1.807) is 16.4 Å². The molecule has 1 aromatic carbocycles. The number of pyridine rings is 1. The van der Waals surface area contributed by atoms with Crippen LogP contribution in [0.3, 0.4) is 0 Å². The highest BCUT2D eigenvalue weighted by Crippen LogP contribution is 2.40. The van der Waals surface area contributed by atoms with Crippen LogP contribution in [0, 0.1) is 24.2 Å². The molecule has 8 heteroatoms. The largest absolute Gasteiger partial charge is 0.357 e. The number of thiocarbonyl (C=S) groups is 1. The van der Waals surface area contributed by atoms with E-state index < -0.39 is 0 Å². The molecular formula is C27H30N4O2S2. The maximum Gasteiger partial charge on any atom is 0.270 e. The maximum atomic E-state index is 13.6. The lowest BCUT2D eigenvalue weighted by Crippen LogP contribution is -2.40. The SMILES string of the molecule is CCn1c(N2CCCC(C)C2)c(/C=C2/SC(=S)N(C(C)c3ccccc3)C2=O)c(C)c(C#N)c1=O. The monoisotopic (exact) mass is 506 g/mol. The number of carbonyl (C=O) groups is 1. The first kappa shape index (κ1) is 25.2. The van der Waals surface area contributed by atoms with Crippen molar-refractivity contribution in [3.8, 4) is 6.07 Å². The molecule has 0 N–H and O–H groups in total. The first-order chi connectivity index (χ1) is 16.8. The second kappa shape index (κ2) is 10.4. The number of aromatic nitrogens is 1. The van der Waals surface area contributed by atoms with Gasteiger partial charge in [-0.1, -0.05) is 61.2 Å². The van der Waals surface area contributed by atoms with Crippen molar-refractivity contribution in [1.82, 2.24) is 9.47 Å². The molecule has 2 unspecified atom stereocenters. The Bertz CT molecular complexity index is 1290. The number of rotatable bonds is 5. The summed E-state index contributed by atoms with van der Waals surface area (Å²) in [6.07, 6.45) is 4.02. The van der Waals surface area contributed by atoms with Gasteiger partial charge in [-0.05, 0) is 56.7 Å². The molecule has 0 aliphatic carbocycles. The van der Waals surface area contributed by atoms with Gasteiger partial charge in [-0.15, -0.1) is 0 Å². The van der Waals surface area contributed by atoms with E-state index in [0.717, 1.165) is 42.9 Å². The molecule has 182 valence electrons. The summed E-state index contributed by atoms with van der Waals surface area (Å²) >= 11 is 6.90. The van der Waals surface area contributed by atoms with Gasteiger partial charge in [-0.2, -0.15) is 5.26 Å². The molecule has 1 amide bonds. The fraction of sp³-hybridized carbons (Fsp3) is 0.407. The molecule has 2 atom stereocenters. The lowest BCUT2D eigenvalue weighted by atomic mass is 9.98. The summed E-state index contributed by atoms with van der Waals surface area (Å²) in [5, 5.41) is 9.78. The third kappa shape index (κ3) is 4.67. The van der Waals surface area contributed by atoms with Gasteiger partial charge >= 0.3 is 0 Å². The van der Waals surface area contributed by atoms with Crippen LogP contribution in [0.15, 0.2) is 40.0 Å². The van der Waals surface area contributed by atoms with Crippen molar-refractivity contribution in [2.75, 3.05) is 18.0 Å². The summed E-state index contributed by atoms with van der Waals surface area (Å²) < 4.78 is 2.19. The van der Waals surface area contributed by atoms with Crippen LogP contribution in [-0.4, -0.2) is 32.8 Å². The molecule has 0 saturated carbocycles. The highest BCUT2D eigenvalue weighted by Gasteiger charge is 2.37. The molecule has 0 spiro atoms. The standard InChI is InChI=1S/C27H30N4O2S2/c1-5-30-24(29-13-9-10-17(2)16-29)21(18(3)22(15-28)25(30)32)14-23-26(33)31(27(34)35-23)19(4)20-11-7-6-8-12-20/h6-8,11-12,14,17,19H,5,9-10,13,16H2,1-4H3/b23-14+. The van der Waals surface area contributed by atoms with Gasteiger partial charge in [0.2, 0.25) is 0 Å².